The summed E-state index contributed by atoms with van der Waals surface area (Å²) in [7, 11) is 3.05. The third-order valence-corrected chi connectivity index (χ3v) is 3.73. The number of hydrogen-bond donors (Lipinski definition) is 0. The number of rotatable bonds is 5. The molecule has 0 aromatic heterocycles. The van der Waals surface area contributed by atoms with Crippen LogP contribution in [0.2, 0.25) is 10.0 Å². The molecule has 5 heteroatoms. The lowest BCUT2D eigenvalue weighted by Crippen LogP contribution is -1.99. The number of carbonyl (C=O) groups excluding carboxylic acids is 1. The molecule has 0 bridgehead atoms. The topological polar surface area (TPSA) is 35.5 Å². The summed E-state index contributed by atoms with van der Waals surface area (Å²) < 4.78 is 10.3. The molecular formula is C17H14Cl2O3. The van der Waals surface area contributed by atoms with Crippen LogP contribution in [0.25, 0.3) is 6.08 Å². The van der Waals surface area contributed by atoms with E-state index in [-0.39, 0.29) is 5.78 Å². The van der Waals surface area contributed by atoms with Gasteiger partial charge in [-0.05, 0) is 36.4 Å². The number of ether oxygens (including phenoxy) is 2. The van der Waals surface area contributed by atoms with Crippen molar-refractivity contribution in [2.75, 3.05) is 14.2 Å². The van der Waals surface area contributed by atoms with Crippen LogP contribution in [0.4, 0.5) is 0 Å². The molecule has 0 aliphatic rings. The van der Waals surface area contributed by atoms with Gasteiger partial charge in [0, 0.05) is 21.7 Å². The molecule has 3 nitrogen and oxygen atoms in total. The Balaban J connectivity index is 2.31. The second kappa shape index (κ2) is 7.34. The van der Waals surface area contributed by atoms with E-state index in [2.05, 4.69) is 0 Å². The van der Waals surface area contributed by atoms with Gasteiger partial charge in [-0.15, -0.1) is 0 Å². The van der Waals surface area contributed by atoms with Gasteiger partial charge >= 0.3 is 0 Å². The number of halogens is 2. The number of methoxy groups -OCH3 is 2. The van der Waals surface area contributed by atoms with E-state index in [1.807, 2.05) is 0 Å². The second-order valence-electron chi connectivity index (χ2n) is 4.40. The van der Waals surface area contributed by atoms with Crippen molar-refractivity contribution >= 4 is 35.1 Å². The maximum absolute atomic E-state index is 12.3. The molecule has 0 N–H and O–H groups in total. The number of allylic oxidation sites excluding steroid dienone is 1. The lowest BCUT2D eigenvalue weighted by Gasteiger charge is -2.08. The SMILES string of the molecule is COc1ccc(C(=O)/C=C\c2c(Cl)cccc2Cl)c(OC)c1. The van der Waals surface area contributed by atoms with Crippen LogP contribution in [-0.2, 0) is 0 Å². The summed E-state index contributed by atoms with van der Waals surface area (Å²) in [6.45, 7) is 0. The Morgan fingerprint density at radius 2 is 1.73 bits per heavy atom. The summed E-state index contributed by atoms with van der Waals surface area (Å²) in [6.07, 6.45) is 3.01. The molecule has 2 rings (SSSR count). The van der Waals surface area contributed by atoms with Crippen molar-refractivity contribution in [3.8, 4) is 11.5 Å². The average molecular weight is 337 g/mol. The zero-order chi connectivity index (χ0) is 16.1. The lowest BCUT2D eigenvalue weighted by atomic mass is 10.1. The molecule has 0 atom stereocenters. The molecule has 0 saturated heterocycles. The molecule has 0 fully saturated rings. The Morgan fingerprint density at radius 3 is 2.32 bits per heavy atom. The number of carbonyl (C=O) groups is 1. The van der Waals surface area contributed by atoms with Gasteiger partial charge in [-0.1, -0.05) is 29.3 Å². The van der Waals surface area contributed by atoms with E-state index in [4.69, 9.17) is 32.7 Å². The fourth-order valence-electron chi connectivity index (χ4n) is 1.92. The van der Waals surface area contributed by atoms with Crippen molar-refractivity contribution in [1.29, 1.82) is 0 Å². The zero-order valence-electron chi connectivity index (χ0n) is 12.1. The summed E-state index contributed by atoms with van der Waals surface area (Å²) in [6, 6.07) is 10.2. The number of hydrogen-bond acceptors (Lipinski definition) is 3. The molecule has 2 aromatic carbocycles. The maximum atomic E-state index is 12.3. The summed E-state index contributed by atoms with van der Waals surface area (Å²) in [5, 5.41) is 0.969. The molecule has 0 aliphatic heterocycles. The van der Waals surface area contributed by atoms with E-state index < -0.39 is 0 Å². The predicted octanol–water partition coefficient (Wildman–Crippen LogP) is 4.91. The van der Waals surface area contributed by atoms with Gasteiger partial charge in [0.2, 0.25) is 0 Å². The summed E-state index contributed by atoms with van der Waals surface area (Å²) >= 11 is 12.1. The minimum atomic E-state index is -0.213. The minimum absolute atomic E-state index is 0.213. The number of benzene rings is 2. The standard InChI is InChI=1S/C17H14Cl2O3/c1-21-11-6-7-13(17(10-11)22-2)16(20)9-8-12-14(18)4-3-5-15(12)19/h3-10H,1-2H3/b9-8-. The maximum Gasteiger partial charge on any atom is 0.189 e. The quantitative estimate of drug-likeness (QED) is 0.575. The average Bonchev–Trinajstić information content (AvgIpc) is 2.53. The molecule has 0 aliphatic carbocycles. The van der Waals surface area contributed by atoms with Gasteiger partial charge < -0.3 is 9.47 Å². The minimum Gasteiger partial charge on any atom is -0.497 e. The van der Waals surface area contributed by atoms with Crippen molar-refractivity contribution in [3.63, 3.8) is 0 Å². The molecule has 0 saturated carbocycles. The van der Waals surface area contributed by atoms with Crippen LogP contribution in [0.1, 0.15) is 15.9 Å². The molecule has 0 radical (unpaired) electrons. The smallest absolute Gasteiger partial charge is 0.189 e. The van der Waals surface area contributed by atoms with Crippen molar-refractivity contribution in [3.05, 3.63) is 63.6 Å². The summed E-state index contributed by atoms with van der Waals surface area (Å²) in [4.78, 5) is 12.3. The van der Waals surface area contributed by atoms with E-state index in [1.54, 1.807) is 49.6 Å². The first-order valence-electron chi connectivity index (χ1n) is 6.45. The van der Waals surface area contributed by atoms with Crippen molar-refractivity contribution in [2.45, 2.75) is 0 Å². The normalized spacial score (nSPS) is 10.7. The fraction of sp³-hybridized carbons (Fsp3) is 0.118. The van der Waals surface area contributed by atoms with Crippen molar-refractivity contribution in [1.82, 2.24) is 0 Å². The van der Waals surface area contributed by atoms with Crippen LogP contribution in [-0.4, -0.2) is 20.0 Å². The van der Waals surface area contributed by atoms with E-state index in [9.17, 15) is 4.79 Å². The highest BCUT2D eigenvalue weighted by molar-refractivity contribution is 6.37. The monoisotopic (exact) mass is 336 g/mol. The van der Waals surface area contributed by atoms with Crippen molar-refractivity contribution < 1.29 is 14.3 Å². The van der Waals surface area contributed by atoms with E-state index >= 15 is 0 Å². The molecule has 22 heavy (non-hydrogen) atoms. The molecule has 0 amide bonds. The van der Waals surface area contributed by atoms with Crippen molar-refractivity contribution in [2.24, 2.45) is 0 Å². The van der Waals surface area contributed by atoms with Gasteiger partial charge in [-0.2, -0.15) is 0 Å². The number of ketones is 1. The third-order valence-electron chi connectivity index (χ3n) is 3.08. The first-order chi connectivity index (χ1) is 10.6. The highest BCUT2D eigenvalue weighted by atomic mass is 35.5. The molecular weight excluding hydrogens is 323 g/mol. The Kier molecular flexibility index (Phi) is 5.47. The highest BCUT2D eigenvalue weighted by Crippen LogP contribution is 2.28. The third kappa shape index (κ3) is 3.62. The van der Waals surface area contributed by atoms with Crippen LogP contribution in [0, 0.1) is 0 Å². The van der Waals surface area contributed by atoms with E-state index in [0.717, 1.165) is 0 Å². The Morgan fingerprint density at radius 1 is 1.05 bits per heavy atom. The Labute approximate surface area is 139 Å². The molecule has 2 aromatic rings. The highest BCUT2D eigenvalue weighted by Gasteiger charge is 2.11. The Bertz CT molecular complexity index is 704. The first-order valence-corrected chi connectivity index (χ1v) is 7.21. The fourth-order valence-corrected chi connectivity index (χ4v) is 2.44. The van der Waals surface area contributed by atoms with Crippen LogP contribution < -0.4 is 9.47 Å². The van der Waals surface area contributed by atoms with Gasteiger partial charge in [-0.3, -0.25) is 4.79 Å². The largest absolute Gasteiger partial charge is 0.497 e. The zero-order valence-corrected chi connectivity index (χ0v) is 13.6. The van der Waals surface area contributed by atoms with Crippen LogP contribution in [0.3, 0.4) is 0 Å². The van der Waals surface area contributed by atoms with Gasteiger partial charge in [0.25, 0.3) is 0 Å². The van der Waals surface area contributed by atoms with Crippen LogP contribution in [0.15, 0.2) is 42.5 Å². The first kappa shape index (κ1) is 16.4. The second-order valence-corrected chi connectivity index (χ2v) is 5.21. The molecule has 0 unspecified atom stereocenters. The summed E-state index contributed by atoms with van der Waals surface area (Å²) in [5.41, 5.74) is 1.04. The molecule has 114 valence electrons. The van der Waals surface area contributed by atoms with Gasteiger partial charge in [0.05, 0.1) is 19.8 Å². The van der Waals surface area contributed by atoms with Gasteiger partial charge in [-0.25, -0.2) is 0 Å². The summed E-state index contributed by atoms with van der Waals surface area (Å²) in [5.74, 6) is 0.848. The van der Waals surface area contributed by atoms with Crippen LogP contribution in [0.5, 0.6) is 11.5 Å². The van der Waals surface area contributed by atoms with Crippen LogP contribution >= 0.6 is 23.2 Å². The lowest BCUT2D eigenvalue weighted by molar-refractivity contribution is 0.104. The Hall–Kier alpha value is -1.97. The molecule has 0 heterocycles. The van der Waals surface area contributed by atoms with Gasteiger partial charge in [0.15, 0.2) is 5.78 Å². The van der Waals surface area contributed by atoms with Gasteiger partial charge in [0.1, 0.15) is 11.5 Å². The predicted molar refractivity (Wildman–Crippen MR) is 89.4 cm³/mol. The van der Waals surface area contributed by atoms with E-state index in [1.165, 1.54) is 13.2 Å². The van der Waals surface area contributed by atoms with E-state index in [0.29, 0.717) is 32.7 Å². The molecule has 0 spiro atoms.